The van der Waals surface area contributed by atoms with E-state index in [0.29, 0.717) is 27.0 Å². The highest BCUT2D eigenvalue weighted by atomic mass is 35.5. The Hall–Kier alpha value is -4.24. The van der Waals surface area contributed by atoms with E-state index in [0.717, 1.165) is 16.1 Å². The third-order valence-corrected chi connectivity index (χ3v) is 8.04. The van der Waals surface area contributed by atoms with Crippen molar-refractivity contribution in [3.05, 3.63) is 124 Å². The summed E-state index contributed by atoms with van der Waals surface area (Å²) in [7, 11) is 3.89. The van der Waals surface area contributed by atoms with Crippen LogP contribution in [0.25, 0.3) is 6.08 Å². The van der Waals surface area contributed by atoms with E-state index >= 15 is 0 Å². The minimum Gasteiger partial charge on any atom is -0.378 e. The fourth-order valence-electron chi connectivity index (χ4n) is 3.90. The molecule has 1 unspecified atom stereocenters. The molecule has 0 bridgehead atoms. The molecule has 3 amide bonds. The summed E-state index contributed by atoms with van der Waals surface area (Å²) in [5.74, 6) is -1.11. The fraction of sp³-hybridized carbons (Fsp3) is 0.121. The van der Waals surface area contributed by atoms with E-state index in [-0.39, 0.29) is 11.6 Å². The Morgan fingerprint density at radius 3 is 2.16 bits per heavy atom. The van der Waals surface area contributed by atoms with Crippen molar-refractivity contribution in [2.75, 3.05) is 29.6 Å². The predicted octanol–water partition coefficient (Wildman–Crippen LogP) is 7.59. The van der Waals surface area contributed by atoms with Crippen LogP contribution in [-0.2, 0) is 9.59 Å². The molecule has 4 aromatic rings. The summed E-state index contributed by atoms with van der Waals surface area (Å²) in [6.07, 6.45) is 1.63. The zero-order valence-corrected chi connectivity index (χ0v) is 26.1. The Morgan fingerprint density at radius 1 is 0.791 bits per heavy atom. The van der Waals surface area contributed by atoms with E-state index < -0.39 is 17.1 Å². The number of anilines is 3. The van der Waals surface area contributed by atoms with Gasteiger partial charge in [-0.3, -0.25) is 14.4 Å². The molecule has 0 aliphatic heterocycles. The van der Waals surface area contributed by atoms with Gasteiger partial charge in [-0.15, -0.1) is 11.8 Å². The molecule has 43 heavy (non-hydrogen) atoms. The lowest BCUT2D eigenvalue weighted by Crippen LogP contribution is -2.30. The molecule has 3 N–H and O–H groups in total. The number of thioether (sulfide) groups is 1. The Bertz CT molecular complexity index is 1640. The van der Waals surface area contributed by atoms with Crippen molar-refractivity contribution in [2.45, 2.75) is 17.1 Å². The van der Waals surface area contributed by atoms with Gasteiger partial charge in [-0.2, -0.15) is 0 Å². The van der Waals surface area contributed by atoms with Crippen molar-refractivity contribution in [2.24, 2.45) is 0 Å². The molecule has 0 aliphatic rings. The lowest BCUT2D eigenvalue weighted by atomic mass is 10.1. The minimum absolute atomic E-state index is 0.0823. The maximum Gasteiger partial charge on any atom is 0.272 e. The SMILES string of the molecule is CC(Sc1cccc(NC(=O)/C(=C\c2ccc(N(C)C)cc2)NC(=O)c2ccccc2)c1)C(=O)Nc1ccc(Cl)c(Cl)c1. The van der Waals surface area contributed by atoms with E-state index in [4.69, 9.17) is 23.2 Å². The van der Waals surface area contributed by atoms with Gasteiger partial charge in [-0.1, -0.05) is 59.6 Å². The molecule has 0 aliphatic carbocycles. The summed E-state index contributed by atoms with van der Waals surface area (Å²) in [4.78, 5) is 42.0. The fourth-order valence-corrected chi connectivity index (χ4v) is 5.12. The number of benzene rings is 4. The number of carbonyl (C=O) groups is 3. The lowest BCUT2D eigenvalue weighted by molar-refractivity contribution is -0.115. The molecule has 7 nitrogen and oxygen atoms in total. The average Bonchev–Trinajstić information content (AvgIpc) is 2.99. The molecule has 0 saturated carbocycles. The highest BCUT2D eigenvalue weighted by Gasteiger charge is 2.18. The van der Waals surface area contributed by atoms with Gasteiger partial charge in [0, 0.05) is 41.6 Å². The van der Waals surface area contributed by atoms with Gasteiger partial charge >= 0.3 is 0 Å². The zero-order chi connectivity index (χ0) is 30.9. The Morgan fingerprint density at radius 2 is 1.49 bits per heavy atom. The topological polar surface area (TPSA) is 90.5 Å². The third-order valence-electron chi connectivity index (χ3n) is 6.21. The van der Waals surface area contributed by atoms with Crippen LogP contribution in [0.2, 0.25) is 10.0 Å². The van der Waals surface area contributed by atoms with Crippen LogP contribution in [0.5, 0.6) is 0 Å². The highest BCUT2D eigenvalue weighted by molar-refractivity contribution is 8.00. The van der Waals surface area contributed by atoms with Crippen LogP contribution in [0.4, 0.5) is 17.1 Å². The second-order valence-electron chi connectivity index (χ2n) is 9.72. The lowest BCUT2D eigenvalue weighted by Gasteiger charge is -2.15. The first kappa shape index (κ1) is 31.7. The summed E-state index contributed by atoms with van der Waals surface area (Å²) in [6, 6.07) is 28.3. The van der Waals surface area contributed by atoms with Crippen LogP contribution in [0.3, 0.4) is 0 Å². The van der Waals surface area contributed by atoms with E-state index in [2.05, 4.69) is 16.0 Å². The van der Waals surface area contributed by atoms with Crippen molar-refractivity contribution < 1.29 is 14.4 Å². The van der Waals surface area contributed by atoms with Crippen LogP contribution in [0.1, 0.15) is 22.8 Å². The van der Waals surface area contributed by atoms with Crippen molar-refractivity contribution in [1.29, 1.82) is 0 Å². The largest absolute Gasteiger partial charge is 0.378 e. The molecular weight excluding hydrogens is 603 g/mol. The van der Waals surface area contributed by atoms with Crippen LogP contribution in [0.15, 0.2) is 108 Å². The van der Waals surface area contributed by atoms with Crippen molar-refractivity contribution in [1.82, 2.24) is 5.32 Å². The van der Waals surface area contributed by atoms with Gasteiger partial charge in [0.2, 0.25) is 5.91 Å². The standard InChI is InChI=1S/C33H30Cl2N4O3S/c1-21(31(40)36-25-14-17-28(34)29(35)20-25)43-27-11-7-10-24(19-27)37-33(42)30(38-32(41)23-8-5-4-6-9-23)18-22-12-15-26(16-13-22)39(2)3/h4-21H,1-3H3,(H,36,40)(H,37,42)(H,38,41)/b30-18+. The quantitative estimate of drug-likeness (QED) is 0.124. The highest BCUT2D eigenvalue weighted by Crippen LogP contribution is 2.29. The Balaban J connectivity index is 1.49. The molecule has 0 fully saturated rings. The van der Waals surface area contributed by atoms with Gasteiger partial charge in [-0.25, -0.2) is 0 Å². The van der Waals surface area contributed by atoms with Gasteiger partial charge in [-0.05, 0) is 79.2 Å². The predicted molar refractivity (Wildman–Crippen MR) is 178 cm³/mol. The number of nitrogens with zero attached hydrogens (tertiary/aromatic N) is 1. The number of hydrogen-bond acceptors (Lipinski definition) is 5. The maximum atomic E-state index is 13.5. The summed E-state index contributed by atoms with van der Waals surface area (Å²) in [5.41, 5.74) is 3.31. The first-order valence-electron chi connectivity index (χ1n) is 13.3. The number of amides is 3. The third kappa shape index (κ3) is 9.12. The van der Waals surface area contributed by atoms with Gasteiger partial charge in [0.15, 0.2) is 0 Å². The van der Waals surface area contributed by atoms with E-state index in [1.54, 1.807) is 73.7 Å². The molecule has 4 aromatic carbocycles. The molecule has 0 radical (unpaired) electrons. The number of carbonyl (C=O) groups excluding carboxylic acids is 3. The van der Waals surface area contributed by atoms with E-state index in [1.165, 1.54) is 11.8 Å². The summed E-state index contributed by atoms with van der Waals surface area (Å²) < 4.78 is 0. The second-order valence-corrected chi connectivity index (χ2v) is 12.0. The van der Waals surface area contributed by atoms with Crippen LogP contribution in [-0.4, -0.2) is 37.1 Å². The molecule has 0 saturated heterocycles. The summed E-state index contributed by atoms with van der Waals surface area (Å²) in [5, 5.41) is 8.76. The van der Waals surface area contributed by atoms with E-state index in [1.807, 2.05) is 55.4 Å². The molecule has 4 rings (SSSR count). The average molecular weight is 634 g/mol. The molecular formula is C33H30Cl2N4O3S. The molecule has 0 heterocycles. The minimum atomic E-state index is -0.492. The maximum absolute atomic E-state index is 13.5. The molecule has 10 heteroatoms. The number of hydrogen-bond donors (Lipinski definition) is 3. The smallest absolute Gasteiger partial charge is 0.272 e. The number of rotatable bonds is 10. The van der Waals surface area contributed by atoms with Crippen molar-refractivity contribution in [3.8, 4) is 0 Å². The first-order chi connectivity index (χ1) is 20.6. The zero-order valence-electron chi connectivity index (χ0n) is 23.7. The Kier molecular flexibility index (Phi) is 10.9. The van der Waals surface area contributed by atoms with Crippen molar-refractivity contribution in [3.63, 3.8) is 0 Å². The monoisotopic (exact) mass is 632 g/mol. The van der Waals surface area contributed by atoms with Crippen LogP contribution >= 0.6 is 35.0 Å². The van der Waals surface area contributed by atoms with Gasteiger partial charge < -0.3 is 20.9 Å². The molecule has 0 spiro atoms. The number of nitrogens with one attached hydrogen (secondary N) is 3. The van der Waals surface area contributed by atoms with Gasteiger partial charge in [0.1, 0.15) is 5.70 Å². The van der Waals surface area contributed by atoms with Gasteiger partial charge in [0.25, 0.3) is 11.8 Å². The molecule has 1 atom stereocenters. The van der Waals surface area contributed by atoms with E-state index in [9.17, 15) is 14.4 Å². The first-order valence-corrected chi connectivity index (χ1v) is 14.9. The van der Waals surface area contributed by atoms with Crippen LogP contribution in [0, 0.1) is 0 Å². The second kappa shape index (κ2) is 14.8. The van der Waals surface area contributed by atoms with Crippen LogP contribution < -0.4 is 20.9 Å². The Labute approximate surface area is 265 Å². The molecule has 220 valence electrons. The van der Waals surface area contributed by atoms with Gasteiger partial charge in [0.05, 0.1) is 15.3 Å². The molecule has 0 aromatic heterocycles. The number of halogens is 2. The normalized spacial score (nSPS) is 11.8. The summed E-state index contributed by atoms with van der Waals surface area (Å²) >= 11 is 13.4. The van der Waals surface area contributed by atoms with Crippen molar-refractivity contribution >= 4 is 75.8 Å². The summed E-state index contributed by atoms with van der Waals surface area (Å²) in [6.45, 7) is 1.78.